The second-order valence-electron chi connectivity index (χ2n) is 3.80. The Morgan fingerprint density at radius 2 is 2.44 bits per heavy atom. The molecule has 0 amide bonds. The Balaban J connectivity index is 2.30. The fourth-order valence-corrected chi connectivity index (χ4v) is 2.13. The van der Waals surface area contributed by atoms with Crippen LogP contribution >= 0.6 is 15.9 Å². The minimum Gasteiger partial charge on any atom is -0.493 e. The van der Waals surface area contributed by atoms with Crippen LogP contribution in [0.5, 0.6) is 5.75 Å². The molecule has 88 valence electrons. The van der Waals surface area contributed by atoms with Crippen LogP contribution in [0.4, 0.5) is 5.82 Å². The van der Waals surface area contributed by atoms with Gasteiger partial charge in [-0.3, -0.25) is 0 Å². The summed E-state index contributed by atoms with van der Waals surface area (Å²) in [6, 6.07) is 2.26. The number of hydrogen-bond donors (Lipinski definition) is 0. The van der Waals surface area contributed by atoms with E-state index >= 15 is 0 Å². The Morgan fingerprint density at radius 1 is 1.62 bits per heavy atom. The lowest BCUT2D eigenvalue weighted by Crippen LogP contribution is -2.44. The van der Waals surface area contributed by atoms with Gasteiger partial charge in [-0.2, -0.15) is 0 Å². The molecule has 1 fully saturated rings. The number of halogens is 1. The molecule has 2 rings (SSSR count). The molecule has 0 aliphatic carbocycles. The highest BCUT2D eigenvalue weighted by molar-refractivity contribution is 9.10. The third-order valence-corrected chi connectivity index (χ3v) is 3.09. The van der Waals surface area contributed by atoms with Crippen molar-refractivity contribution in [2.45, 2.75) is 13.0 Å². The van der Waals surface area contributed by atoms with Crippen LogP contribution in [0.25, 0.3) is 0 Å². The molecule has 1 aromatic heterocycles. The summed E-state index contributed by atoms with van der Waals surface area (Å²) in [5.41, 5.74) is 0. The number of ether oxygens (including phenoxy) is 2. The van der Waals surface area contributed by atoms with E-state index in [2.05, 4.69) is 32.7 Å². The van der Waals surface area contributed by atoms with Crippen LogP contribution in [0.15, 0.2) is 16.7 Å². The first kappa shape index (κ1) is 11.7. The van der Waals surface area contributed by atoms with E-state index in [-0.39, 0.29) is 0 Å². The number of nitrogens with zero attached hydrogens (tertiary/aromatic N) is 2. The highest BCUT2D eigenvalue weighted by atomic mass is 79.9. The van der Waals surface area contributed by atoms with Gasteiger partial charge in [0, 0.05) is 17.2 Å². The van der Waals surface area contributed by atoms with Gasteiger partial charge in [-0.15, -0.1) is 0 Å². The zero-order chi connectivity index (χ0) is 11.5. The first-order valence-electron chi connectivity index (χ1n) is 5.26. The van der Waals surface area contributed by atoms with Gasteiger partial charge in [-0.1, -0.05) is 0 Å². The van der Waals surface area contributed by atoms with E-state index < -0.39 is 0 Å². The number of anilines is 1. The molecule has 0 unspecified atom stereocenters. The maximum absolute atomic E-state index is 5.41. The summed E-state index contributed by atoms with van der Waals surface area (Å²) in [6.07, 6.45) is 1.79. The van der Waals surface area contributed by atoms with E-state index in [0.29, 0.717) is 6.04 Å². The normalized spacial score (nSPS) is 20.9. The predicted molar refractivity (Wildman–Crippen MR) is 66.1 cm³/mol. The van der Waals surface area contributed by atoms with Gasteiger partial charge in [0.05, 0.1) is 26.4 Å². The van der Waals surface area contributed by atoms with Gasteiger partial charge in [0.2, 0.25) is 0 Å². The Labute approximate surface area is 104 Å². The smallest absolute Gasteiger partial charge is 0.171 e. The minimum atomic E-state index is 0.330. The number of rotatable bonds is 2. The van der Waals surface area contributed by atoms with Gasteiger partial charge in [0.15, 0.2) is 11.6 Å². The summed E-state index contributed by atoms with van der Waals surface area (Å²) in [5, 5.41) is 0. The molecule has 0 spiro atoms. The SMILES string of the molecule is COc1cc(Br)cnc1N1CCOC[C@H]1C. The largest absolute Gasteiger partial charge is 0.493 e. The Kier molecular flexibility index (Phi) is 3.66. The fourth-order valence-electron chi connectivity index (χ4n) is 1.82. The third kappa shape index (κ3) is 2.30. The summed E-state index contributed by atoms with van der Waals surface area (Å²) in [4.78, 5) is 6.64. The molecule has 1 aromatic rings. The second-order valence-corrected chi connectivity index (χ2v) is 4.71. The quantitative estimate of drug-likeness (QED) is 0.834. The molecule has 0 N–H and O–H groups in total. The average Bonchev–Trinajstić information content (AvgIpc) is 2.30. The molecule has 16 heavy (non-hydrogen) atoms. The van der Waals surface area contributed by atoms with Gasteiger partial charge in [-0.05, 0) is 28.9 Å². The maximum atomic E-state index is 5.41. The molecule has 2 heterocycles. The summed E-state index contributed by atoms with van der Waals surface area (Å²) in [7, 11) is 1.66. The van der Waals surface area contributed by atoms with Crippen molar-refractivity contribution in [3.05, 3.63) is 16.7 Å². The maximum Gasteiger partial charge on any atom is 0.171 e. The second kappa shape index (κ2) is 5.01. The summed E-state index contributed by atoms with van der Waals surface area (Å²) >= 11 is 3.39. The molecule has 0 bridgehead atoms. The average molecular weight is 287 g/mol. The van der Waals surface area contributed by atoms with Crippen LogP contribution in [-0.2, 0) is 4.74 Å². The molecule has 5 heteroatoms. The Hall–Kier alpha value is -0.810. The van der Waals surface area contributed by atoms with Crippen LogP contribution in [0.3, 0.4) is 0 Å². The summed E-state index contributed by atoms with van der Waals surface area (Å²) < 4.78 is 11.7. The molecule has 1 atom stereocenters. The van der Waals surface area contributed by atoms with Crippen molar-refractivity contribution in [3.8, 4) is 5.75 Å². The molecular formula is C11H15BrN2O2. The lowest BCUT2D eigenvalue weighted by molar-refractivity contribution is 0.0982. The van der Waals surface area contributed by atoms with Crippen LogP contribution in [0.2, 0.25) is 0 Å². The van der Waals surface area contributed by atoms with E-state index in [9.17, 15) is 0 Å². The first-order valence-corrected chi connectivity index (χ1v) is 6.05. The van der Waals surface area contributed by atoms with Gasteiger partial charge >= 0.3 is 0 Å². The Bertz CT molecular complexity index is 373. The molecule has 0 saturated carbocycles. The number of methoxy groups -OCH3 is 1. The van der Waals surface area contributed by atoms with E-state index in [1.165, 1.54) is 0 Å². The van der Waals surface area contributed by atoms with Gasteiger partial charge < -0.3 is 14.4 Å². The lowest BCUT2D eigenvalue weighted by atomic mass is 10.2. The minimum absolute atomic E-state index is 0.330. The van der Waals surface area contributed by atoms with Crippen molar-refractivity contribution >= 4 is 21.7 Å². The molecule has 0 aromatic carbocycles. The molecule has 1 aliphatic rings. The van der Waals surface area contributed by atoms with Crippen LogP contribution in [0.1, 0.15) is 6.92 Å². The van der Waals surface area contributed by atoms with Gasteiger partial charge in [0.25, 0.3) is 0 Å². The molecule has 1 saturated heterocycles. The van der Waals surface area contributed by atoms with Crippen molar-refractivity contribution in [1.29, 1.82) is 0 Å². The van der Waals surface area contributed by atoms with Crippen molar-refractivity contribution in [3.63, 3.8) is 0 Å². The molecule has 0 radical (unpaired) electrons. The number of aromatic nitrogens is 1. The third-order valence-electron chi connectivity index (χ3n) is 2.66. The first-order chi connectivity index (χ1) is 7.72. The molecule has 4 nitrogen and oxygen atoms in total. The van der Waals surface area contributed by atoms with Crippen molar-refractivity contribution < 1.29 is 9.47 Å². The number of morpholine rings is 1. The van der Waals surface area contributed by atoms with E-state index in [1.54, 1.807) is 13.3 Å². The van der Waals surface area contributed by atoms with Crippen LogP contribution in [0, 0.1) is 0 Å². The van der Waals surface area contributed by atoms with Gasteiger partial charge in [0.1, 0.15) is 0 Å². The summed E-state index contributed by atoms with van der Waals surface area (Å²) in [5.74, 6) is 1.68. The highest BCUT2D eigenvalue weighted by Gasteiger charge is 2.23. The Morgan fingerprint density at radius 3 is 3.12 bits per heavy atom. The van der Waals surface area contributed by atoms with Crippen molar-refractivity contribution in [2.24, 2.45) is 0 Å². The lowest BCUT2D eigenvalue weighted by Gasteiger charge is -2.34. The standard InChI is InChI=1S/C11H15BrN2O2/c1-8-7-16-4-3-14(8)11-10(15-2)5-9(12)6-13-11/h5-6,8H,3-4,7H2,1-2H3/t8-/m1/s1. The number of hydrogen-bond acceptors (Lipinski definition) is 4. The fraction of sp³-hybridized carbons (Fsp3) is 0.545. The highest BCUT2D eigenvalue weighted by Crippen LogP contribution is 2.30. The van der Waals surface area contributed by atoms with Crippen molar-refractivity contribution in [2.75, 3.05) is 31.8 Å². The van der Waals surface area contributed by atoms with Gasteiger partial charge in [-0.25, -0.2) is 4.98 Å². The monoisotopic (exact) mass is 286 g/mol. The van der Waals surface area contributed by atoms with Crippen LogP contribution in [-0.4, -0.2) is 37.9 Å². The number of pyridine rings is 1. The van der Waals surface area contributed by atoms with E-state index in [0.717, 1.165) is 35.8 Å². The zero-order valence-corrected chi connectivity index (χ0v) is 11.0. The molecule has 1 aliphatic heterocycles. The predicted octanol–water partition coefficient (Wildman–Crippen LogP) is 2.08. The topological polar surface area (TPSA) is 34.6 Å². The summed E-state index contributed by atoms with van der Waals surface area (Å²) in [6.45, 7) is 4.46. The van der Waals surface area contributed by atoms with Crippen LogP contribution < -0.4 is 9.64 Å². The van der Waals surface area contributed by atoms with Crippen molar-refractivity contribution in [1.82, 2.24) is 4.98 Å². The van der Waals surface area contributed by atoms with E-state index in [4.69, 9.17) is 9.47 Å². The van der Waals surface area contributed by atoms with E-state index in [1.807, 2.05) is 6.07 Å². The zero-order valence-electron chi connectivity index (χ0n) is 9.44. The molecular weight excluding hydrogens is 272 g/mol.